The number of ether oxygens (including phenoxy) is 1. The van der Waals surface area contributed by atoms with Gasteiger partial charge in [0, 0.05) is 42.7 Å². The normalized spacial score (nSPS) is 14.1. The Hall–Kier alpha value is -4.13. The number of hydrogen-bond donors (Lipinski definition) is 1. The molecule has 0 unspecified atom stereocenters. The summed E-state index contributed by atoms with van der Waals surface area (Å²) in [6.45, 7) is 5.92. The van der Waals surface area contributed by atoms with Crippen LogP contribution in [0.4, 0.5) is 5.82 Å². The van der Waals surface area contributed by atoms with Gasteiger partial charge in [-0.15, -0.1) is 5.10 Å². The molecule has 2 heterocycles. The Morgan fingerprint density at radius 3 is 2.16 bits per heavy atom. The number of nitrogens with one attached hydrogen (secondary N) is 1. The third-order valence-electron chi connectivity index (χ3n) is 7.22. The van der Waals surface area contributed by atoms with Crippen LogP contribution < -0.4 is 10.1 Å². The van der Waals surface area contributed by atoms with Crippen molar-refractivity contribution in [2.75, 3.05) is 32.1 Å². The summed E-state index contributed by atoms with van der Waals surface area (Å²) in [4.78, 5) is 28.2. The monoisotopic (exact) mass is 496 g/mol. The second-order valence-corrected chi connectivity index (χ2v) is 9.67. The highest BCUT2D eigenvalue weighted by molar-refractivity contribution is 6.04. The molecule has 37 heavy (non-hydrogen) atoms. The van der Waals surface area contributed by atoms with Crippen LogP contribution in [0, 0.1) is 19.8 Å². The summed E-state index contributed by atoms with van der Waals surface area (Å²) in [6.07, 6.45) is 1.79. The molecule has 4 aromatic rings. The van der Waals surface area contributed by atoms with Crippen LogP contribution in [0.25, 0.3) is 10.9 Å². The van der Waals surface area contributed by atoms with E-state index >= 15 is 0 Å². The molecule has 3 aromatic carbocycles. The zero-order valence-electron chi connectivity index (χ0n) is 21.5. The van der Waals surface area contributed by atoms with Crippen molar-refractivity contribution in [2.45, 2.75) is 26.7 Å². The quantitative estimate of drug-likeness (QED) is 0.391. The van der Waals surface area contributed by atoms with E-state index in [1.807, 2.05) is 85.5 Å². The number of aromatic nitrogens is 2. The molecule has 7 heteroatoms. The van der Waals surface area contributed by atoms with Gasteiger partial charge >= 0.3 is 0 Å². The van der Waals surface area contributed by atoms with E-state index in [9.17, 15) is 9.59 Å². The second kappa shape index (κ2) is 10.5. The van der Waals surface area contributed by atoms with Crippen LogP contribution >= 0.6 is 0 Å². The first-order chi connectivity index (χ1) is 18.0. The van der Waals surface area contributed by atoms with Gasteiger partial charge in [-0.25, -0.2) is 0 Å². The van der Waals surface area contributed by atoms with Gasteiger partial charge in [0.1, 0.15) is 5.75 Å². The molecule has 0 atom stereocenters. The maximum absolute atomic E-state index is 13.3. The first kappa shape index (κ1) is 24.6. The summed E-state index contributed by atoms with van der Waals surface area (Å²) in [5, 5.41) is 8.48. The predicted molar refractivity (Wildman–Crippen MR) is 145 cm³/mol. The molecule has 1 saturated heterocycles. The van der Waals surface area contributed by atoms with Crippen LogP contribution in [-0.2, 0) is 0 Å². The van der Waals surface area contributed by atoms with Gasteiger partial charge in [-0.3, -0.25) is 9.59 Å². The number of rotatable bonds is 6. The Morgan fingerprint density at radius 1 is 0.919 bits per heavy atom. The average Bonchev–Trinajstić information content (AvgIpc) is 3.30. The topological polar surface area (TPSA) is 76.5 Å². The van der Waals surface area contributed by atoms with E-state index in [1.165, 1.54) is 4.68 Å². The zero-order chi connectivity index (χ0) is 25.9. The van der Waals surface area contributed by atoms with E-state index in [4.69, 9.17) is 4.74 Å². The highest BCUT2D eigenvalue weighted by atomic mass is 16.5. The molecule has 1 aliphatic heterocycles. The van der Waals surface area contributed by atoms with Crippen molar-refractivity contribution in [3.05, 3.63) is 89.0 Å². The second-order valence-electron chi connectivity index (χ2n) is 9.67. The molecular weight excluding hydrogens is 464 g/mol. The minimum Gasteiger partial charge on any atom is -0.493 e. The maximum Gasteiger partial charge on any atom is 0.279 e. The summed E-state index contributed by atoms with van der Waals surface area (Å²) in [5.41, 5.74) is 4.02. The molecule has 1 aliphatic rings. The molecule has 0 aliphatic carbocycles. The van der Waals surface area contributed by atoms with E-state index in [0.29, 0.717) is 35.2 Å². The lowest BCUT2D eigenvalue weighted by Crippen LogP contribution is -2.40. The number of fused-ring (bicyclic) bond motifs is 1. The molecule has 5 rings (SSSR count). The standard InChI is InChI=1S/C30H32N4O3/c1-20-8-4-6-10-24(20)29(35)33-16-14-22(15-17-33)19-37-23-12-13-26-27(18-23)34(32-28(26)31-3)30(36)25-11-7-5-9-21(25)2/h4-13,18,22H,14-17,19H2,1-3H3,(H,31,32). The molecule has 0 radical (unpaired) electrons. The average molecular weight is 497 g/mol. The number of amides is 1. The fourth-order valence-electron chi connectivity index (χ4n) is 4.95. The van der Waals surface area contributed by atoms with Crippen molar-refractivity contribution in [2.24, 2.45) is 5.92 Å². The fraction of sp³-hybridized carbons (Fsp3) is 0.300. The van der Waals surface area contributed by atoms with Crippen LogP contribution in [0.3, 0.4) is 0 Å². The third-order valence-corrected chi connectivity index (χ3v) is 7.22. The van der Waals surface area contributed by atoms with Gasteiger partial charge in [-0.2, -0.15) is 4.68 Å². The number of piperidine rings is 1. The van der Waals surface area contributed by atoms with Gasteiger partial charge in [0.2, 0.25) is 0 Å². The lowest BCUT2D eigenvalue weighted by Gasteiger charge is -2.32. The molecule has 1 fully saturated rings. The molecule has 7 nitrogen and oxygen atoms in total. The van der Waals surface area contributed by atoms with Crippen LogP contribution in [0.15, 0.2) is 66.7 Å². The third kappa shape index (κ3) is 4.94. The van der Waals surface area contributed by atoms with Gasteiger partial charge in [0.05, 0.1) is 12.1 Å². The first-order valence-electron chi connectivity index (χ1n) is 12.7. The highest BCUT2D eigenvalue weighted by Crippen LogP contribution is 2.29. The van der Waals surface area contributed by atoms with Gasteiger partial charge in [-0.1, -0.05) is 36.4 Å². The Labute approximate surface area is 217 Å². The number of likely N-dealkylation sites (tertiary alicyclic amines) is 1. The molecule has 190 valence electrons. The van der Waals surface area contributed by atoms with Crippen molar-refractivity contribution >= 4 is 28.5 Å². The van der Waals surface area contributed by atoms with Gasteiger partial charge in [0.15, 0.2) is 5.82 Å². The van der Waals surface area contributed by atoms with Crippen LogP contribution in [0.1, 0.15) is 44.7 Å². The van der Waals surface area contributed by atoms with E-state index in [1.54, 1.807) is 7.05 Å². The van der Waals surface area contributed by atoms with E-state index in [0.717, 1.165) is 48.0 Å². The van der Waals surface area contributed by atoms with E-state index < -0.39 is 0 Å². The zero-order valence-corrected chi connectivity index (χ0v) is 21.5. The van der Waals surface area contributed by atoms with Crippen LogP contribution in [0.5, 0.6) is 5.75 Å². The minimum absolute atomic E-state index is 0.106. The Bertz CT molecular complexity index is 1450. The minimum atomic E-state index is -0.174. The summed E-state index contributed by atoms with van der Waals surface area (Å²) in [6, 6.07) is 21.0. The lowest BCUT2D eigenvalue weighted by molar-refractivity contribution is 0.0660. The molecule has 0 spiro atoms. The fourth-order valence-corrected chi connectivity index (χ4v) is 4.95. The summed E-state index contributed by atoms with van der Waals surface area (Å²) in [5.74, 6) is 1.65. The number of benzene rings is 3. The van der Waals surface area contributed by atoms with Crippen molar-refractivity contribution in [3.63, 3.8) is 0 Å². The number of carbonyl (C=O) groups excluding carboxylic acids is 2. The van der Waals surface area contributed by atoms with Crippen molar-refractivity contribution in [1.29, 1.82) is 0 Å². The van der Waals surface area contributed by atoms with Gasteiger partial charge in [0.25, 0.3) is 11.8 Å². The van der Waals surface area contributed by atoms with Crippen molar-refractivity contribution in [1.82, 2.24) is 14.7 Å². The Kier molecular flexibility index (Phi) is 6.95. The Morgan fingerprint density at radius 2 is 1.54 bits per heavy atom. The summed E-state index contributed by atoms with van der Waals surface area (Å²) >= 11 is 0. The van der Waals surface area contributed by atoms with E-state index in [-0.39, 0.29) is 11.8 Å². The number of aryl methyl sites for hydroxylation is 2. The van der Waals surface area contributed by atoms with E-state index in [2.05, 4.69) is 10.4 Å². The molecular formula is C30H32N4O3. The summed E-state index contributed by atoms with van der Waals surface area (Å²) in [7, 11) is 1.80. The molecule has 0 bridgehead atoms. The number of nitrogens with zero attached hydrogens (tertiary/aromatic N) is 3. The summed E-state index contributed by atoms with van der Waals surface area (Å²) < 4.78 is 7.63. The van der Waals surface area contributed by atoms with Gasteiger partial charge in [-0.05, 0) is 68.0 Å². The number of carbonyl (C=O) groups is 2. The number of hydrogen-bond acceptors (Lipinski definition) is 5. The predicted octanol–water partition coefficient (Wildman–Crippen LogP) is 5.31. The Balaban J connectivity index is 1.27. The molecule has 0 saturated carbocycles. The largest absolute Gasteiger partial charge is 0.493 e. The number of anilines is 1. The smallest absolute Gasteiger partial charge is 0.279 e. The lowest BCUT2D eigenvalue weighted by atomic mass is 9.96. The first-order valence-corrected chi connectivity index (χ1v) is 12.7. The SMILES string of the molecule is CNc1nn(C(=O)c2ccccc2C)c2cc(OCC3CCN(C(=O)c4ccccc4C)CC3)ccc12. The molecule has 1 N–H and O–H groups in total. The van der Waals surface area contributed by atoms with Crippen molar-refractivity contribution < 1.29 is 14.3 Å². The molecule has 1 aromatic heterocycles. The van der Waals surface area contributed by atoms with Crippen LogP contribution in [0.2, 0.25) is 0 Å². The maximum atomic E-state index is 13.3. The van der Waals surface area contributed by atoms with Crippen LogP contribution in [-0.4, -0.2) is 53.2 Å². The highest BCUT2D eigenvalue weighted by Gasteiger charge is 2.25. The van der Waals surface area contributed by atoms with Crippen molar-refractivity contribution in [3.8, 4) is 5.75 Å². The molecule has 1 amide bonds. The van der Waals surface area contributed by atoms with Gasteiger partial charge < -0.3 is 15.0 Å².